The summed E-state index contributed by atoms with van der Waals surface area (Å²) in [5, 5.41) is 2.91. The lowest BCUT2D eigenvalue weighted by Crippen LogP contribution is -2.42. The molecule has 0 saturated carbocycles. The predicted octanol–water partition coefficient (Wildman–Crippen LogP) is 1.65. The maximum Gasteiger partial charge on any atom is 0.244 e. The van der Waals surface area contributed by atoms with E-state index in [1.165, 1.54) is 0 Å². The van der Waals surface area contributed by atoms with E-state index in [2.05, 4.69) is 45.9 Å². The lowest BCUT2D eigenvalue weighted by molar-refractivity contribution is -0.117. The Hall–Kier alpha value is -0.860. The molecule has 5 N–H and O–H groups in total. The molecule has 0 aromatic heterocycles. The van der Waals surface area contributed by atoms with Crippen molar-refractivity contribution in [2.45, 2.75) is 30.8 Å². The van der Waals surface area contributed by atoms with Crippen LogP contribution in [0.5, 0.6) is 5.75 Å². The van der Waals surface area contributed by atoms with Gasteiger partial charge in [0.15, 0.2) is 0 Å². The Morgan fingerprint density at radius 3 is 2.52 bits per heavy atom. The van der Waals surface area contributed by atoms with Crippen molar-refractivity contribution in [3.63, 3.8) is 0 Å². The molecule has 1 aliphatic rings. The number of benzene rings is 1. The van der Waals surface area contributed by atoms with Gasteiger partial charge in [0.05, 0.1) is 4.83 Å². The third-order valence-corrected chi connectivity index (χ3v) is 4.67. The summed E-state index contributed by atoms with van der Waals surface area (Å²) in [7, 11) is 0. The summed E-state index contributed by atoms with van der Waals surface area (Å²) in [5.74, 6) is 1.09. The van der Waals surface area contributed by atoms with E-state index in [-0.39, 0.29) is 35.2 Å². The van der Waals surface area contributed by atoms with E-state index in [1.54, 1.807) is 0 Å². The molecular weight excluding hydrogens is 384 g/mol. The molecule has 1 fully saturated rings. The van der Waals surface area contributed by atoms with Gasteiger partial charge in [-0.2, -0.15) is 0 Å². The van der Waals surface area contributed by atoms with Crippen LogP contribution in [-0.4, -0.2) is 36.0 Å². The minimum absolute atomic E-state index is 0. The van der Waals surface area contributed by atoms with Gasteiger partial charge in [-0.3, -0.25) is 10.2 Å². The van der Waals surface area contributed by atoms with Gasteiger partial charge in [-0.05, 0) is 30.2 Å². The van der Waals surface area contributed by atoms with Gasteiger partial charge >= 0.3 is 0 Å². The molecule has 1 aromatic rings. The van der Waals surface area contributed by atoms with Gasteiger partial charge in [0.1, 0.15) is 18.4 Å². The topological polar surface area (TPSA) is 88.4 Å². The summed E-state index contributed by atoms with van der Waals surface area (Å²) in [6.07, 6.45) is 0. The number of anilines is 1. The summed E-state index contributed by atoms with van der Waals surface area (Å²) < 4.78 is 5.40. The standard InChI is InChI=1S/C15H23BrN4O2.ClH/c1-9(2)13-12(16)14(20-19-13)15(21)18-10-3-5-11(6-4-10)22-8-7-17;/h3-6,9,12-14,19-20H,7-8,17H2,1-2H3,(H,18,21);1H. The quantitative estimate of drug-likeness (QED) is 0.539. The number of carbonyl (C=O) groups is 1. The van der Waals surface area contributed by atoms with E-state index in [0.717, 1.165) is 11.4 Å². The van der Waals surface area contributed by atoms with Crippen molar-refractivity contribution in [3.05, 3.63) is 24.3 Å². The molecule has 3 unspecified atom stereocenters. The van der Waals surface area contributed by atoms with Gasteiger partial charge in [0.2, 0.25) is 5.91 Å². The van der Waals surface area contributed by atoms with Crippen LogP contribution in [0.1, 0.15) is 13.8 Å². The van der Waals surface area contributed by atoms with Crippen molar-refractivity contribution in [3.8, 4) is 5.75 Å². The van der Waals surface area contributed by atoms with Crippen molar-refractivity contribution in [2.75, 3.05) is 18.5 Å². The van der Waals surface area contributed by atoms with E-state index < -0.39 is 0 Å². The van der Waals surface area contributed by atoms with Gasteiger partial charge in [-0.15, -0.1) is 12.4 Å². The number of amides is 1. The highest BCUT2D eigenvalue weighted by molar-refractivity contribution is 9.09. The minimum Gasteiger partial charge on any atom is -0.492 e. The minimum atomic E-state index is -0.319. The van der Waals surface area contributed by atoms with Gasteiger partial charge in [-0.25, -0.2) is 5.43 Å². The summed E-state index contributed by atoms with van der Waals surface area (Å²) in [4.78, 5) is 12.4. The van der Waals surface area contributed by atoms with Crippen molar-refractivity contribution >= 4 is 39.9 Å². The molecule has 1 heterocycles. The lowest BCUT2D eigenvalue weighted by atomic mass is 9.99. The van der Waals surface area contributed by atoms with E-state index >= 15 is 0 Å². The highest BCUT2D eigenvalue weighted by Crippen LogP contribution is 2.23. The number of rotatable bonds is 6. The van der Waals surface area contributed by atoms with Crippen LogP contribution < -0.4 is 26.6 Å². The molecule has 1 aliphatic heterocycles. The van der Waals surface area contributed by atoms with Crippen LogP contribution in [0.2, 0.25) is 0 Å². The van der Waals surface area contributed by atoms with Crippen molar-refractivity contribution in [2.24, 2.45) is 11.7 Å². The van der Waals surface area contributed by atoms with Crippen LogP contribution in [0.4, 0.5) is 5.69 Å². The molecule has 1 amide bonds. The first kappa shape index (κ1) is 20.2. The third-order valence-electron chi connectivity index (χ3n) is 3.58. The number of ether oxygens (including phenoxy) is 1. The Balaban J connectivity index is 0.00000264. The monoisotopic (exact) mass is 406 g/mol. The highest BCUT2D eigenvalue weighted by atomic mass is 79.9. The van der Waals surface area contributed by atoms with E-state index in [9.17, 15) is 4.79 Å². The zero-order valence-electron chi connectivity index (χ0n) is 13.2. The molecule has 130 valence electrons. The number of carbonyl (C=O) groups excluding carboxylic acids is 1. The Kier molecular flexibility index (Phi) is 8.28. The number of hydrogen-bond acceptors (Lipinski definition) is 5. The largest absolute Gasteiger partial charge is 0.492 e. The summed E-state index contributed by atoms with van der Waals surface area (Å²) in [6.45, 7) is 5.19. The number of alkyl halides is 1. The van der Waals surface area contributed by atoms with Crippen LogP contribution >= 0.6 is 28.3 Å². The SMILES string of the molecule is CC(C)C1NNC(C(=O)Nc2ccc(OCCN)cc2)C1Br.Cl. The van der Waals surface area contributed by atoms with Gasteiger partial charge < -0.3 is 15.8 Å². The van der Waals surface area contributed by atoms with E-state index in [1.807, 2.05) is 24.3 Å². The molecule has 0 aliphatic carbocycles. The Labute approximate surface area is 151 Å². The van der Waals surface area contributed by atoms with Crippen LogP contribution in [0.15, 0.2) is 24.3 Å². The highest BCUT2D eigenvalue weighted by Gasteiger charge is 2.39. The number of nitrogens with two attached hydrogens (primary N) is 1. The average molecular weight is 408 g/mol. The molecule has 23 heavy (non-hydrogen) atoms. The molecule has 3 atom stereocenters. The van der Waals surface area contributed by atoms with Crippen molar-refractivity contribution in [1.82, 2.24) is 10.9 Å². The fourth-order valence-corrected chi connectivity index (χ4v) is 3.44. The molecule has 6 nitrogen and oxygen atoms in total. The molecule has 0 spiro atoms. The molecule has 1 aromatic carbocycles. The average Bonchev–Trinajstić information content (AvgIpc) is 2.88. The molecule has 1 saturated heterocycles. The second-order valence-corrected chi connectivity index (χ2v) is 6.69. The molecule has 8 heteroatoms. The number of halogens is 2. The molecule has 0 bridgehead atoms. The zero-order valence-corrected chi connectivity index (χ0v) is 15.6. The summed E-state index contributed by atoms with van der Waals surface area (Å²) in [5.41, 5.74) is 12.3. The fraction of sp³-hybridized carbons (Fsp3) is 0.533. The normalized spacial score (nSPS) is 23.4. The first-order valence-corrected chi connectivity index (χ1v) is 8.33. The number of nitrogens with one attached hydrogen (secondary N) is 3. The third kappa shape index (κ3) is 5.32. The van der Waals surface area contributed by atoms with Crippen LogP contribution in [-0.2, 0) is 4.79 Å². The summed E-state index contributed by atoms with van der Waals surface area (Å²) in [6, 6.07) is 7.15. The maximum atomic E-state index is 12.4. The molecular formula is C15H24BrClN4O2. The number of hydrogen-bond donors (Lipinski definition) is 4. The lowest BCUT2D eigenvalue weighted by Gasteiger charge is -2.19. The van der Waals surface area contributed by atoms with Gasteiger partial charge in [0.25, 0.3) is 0 Å². The Bertz CT molecular complexity index is 501. The smallest absolute Gasteiger partial charge is 0.244 e. The Morgan fingerprint density at radius 1 is 1.35 bits per heavy atom. The Morgan fingerprint density at radius 2 is 2.00 bits per heavy atom. The van der Waals surface area contributed by atoms with Crippen LogP contribution in [0, 0.1) is 5.92 Å². The number of hydrazine groups is 1. The second-order valence-electron chi connectivity index (χ2n) is 5.63. The van der Waals surface area contributed by atoms with Gasteiger partial charge in [0, 0.05) is 18.3 Å². The van der Waals surface area contributed by atoms with Crippen LogP contribution in [0.3, 0.4) is 0 Å². The second kappa shape index (κ2) is 9.44. The predicted molar refractivity (Wildman–Crippen MR) is 98.3 cm³/mol. The molecule has 0 radical (unpaired) electrons. The fourth-order valence-electron chi connectivity index (χ4n) is 2.33. The van der Waals surface area contributed by atoms with Crippen LogP contribution in [0.25, 0.3) is 0 Å². The van der Waals surface area contributed by atoms with E-state index in [4.69, 9.17) is 10.5 Å². The first-order chi connectivity index (χ1) is 10.5. The van der Waals surface area contributed by atoms with E-state index in [0.29, 0.717) is 19.1 Å². The zero-order chi connectivity index (χ0) is 16.1. The van der Waals surface area contributed by atoms with Crippen molar-refractivity contribution < 1.29 is 9.53 Å². The van der Waals surface area contributed by atoms with Gasteiger partial charge in [-0.1, -0.05) is 29.8 Å². The first-order valence-electron chi connectivity index (χ1n) is 7.42. The summed E-state index contributed by atoms with van der Waals surface area (Å²) >= 11 is 3.61. The maximum absolute atomic E-state index is 12.4. The van der Waals surface area contributed by atoms with Crippen molar-refractivity contribution in [1.29, 1.82) is 0 Å². The molecule has 2 rings (SSSR count).